The summed E-state index contributed by atoms with van der Waals surface area (Å²) in [4.78, 5) is 2.48. The van der Waals surface area contributed by atoms with E-state index in [2.05, 4.69) is 31.7 Å². The van der Waals surface area contributed by atoms with Crippen LogP contribution in [-0.4, -0.2) is 29.1 Å². The summed E-state index contributed by atoms with van der Waals surface area (Å²) in [5, 5.41) is 10.5. The highest BCUT2D eigenvalue weighted by Crippen LogP contribution is 2.30. The maximum absolute atomic E-state index is 10.5. The zero-order valence-corrected chi connectivity index (χ0v) is 12.5. The van der Waals surface area contributed by atoms with E-state index in [0.29, 0.717) is 0 Å². The van der Waals surface area contributed by atoms with Crippen molar-refractivity contribution in [3.05, 3.63) is 35.4 Å². The third-order valence-electron chi connectivity index (χ3n) is 4.01. The molecule has 1 N–H and O–H groups in total. The molecule has 1 aromatic carbocycles. The van der Waals surface area contributed by atoms with Crippen molar-refractivity contribution in [2.24, 2.45) is 5.92 Å². The number of benzene rings is 1. The minimum absolute atomic E-state index is 0.353. The van der Waals surface area contributed by atoms with Gasteiger partial charge in [-0.3, -0.25) is 4.90 Å². The highest BCUT2D eigenvalue weighted by atomic mass is 16.3. The molecular formula is C17H27NO. The first-order valence-electron chi connectivity index (χ1n) is 7.55. The van der Waals surface area contributed by atoms with Crippen LogP contribution in [0, 0.1) is 12.8 Å². The molecule has 1 unspecified atom stereocenters. The summed E-state index contributed by atoms with van der Waals surface area (Å²) in [6, 6.07) is 8.89. The van der Waals surface area contributed by atoms with E-state index in [9.17, 15) is 5.11 Å². The molecular weight excluding hydrogens is 234 g/mol. The van der Waals surface area contributed by atoms with E-state index in [1.165, 1.54) is 24.8 Å². The molecule has 0 saturated heterocycles. The Morgan fingerprint density at radius 1 is 1.26 bits per heavy atom. The molecule has 1 atom stereocenters. The van der Waals surface area contributed by atoms with Gasteiger partial charge in [0, 0.05) is 12.6 Å². The predicted molar refractivity (Wildman–Crippen MR) is 80.2 cm³/mol. The van der Waals surface area contributed by atoms with Gasteiger partial charge in [0.2, 0.25) is 0 Å². The third-order valence-corrected chi connectivity index (χ3v) is 4.01. The van der Waals surface area contributed by atoms with Crippen molar-refractivity contribution >= 4 is 0 Å². The van der Waals surface area contributed by atoms with Crippen molar-refractivity contribution < 1.29 is 5.11 Å². The minimum atomic E-state index is -0.353. The molecule has 1 aliphatic rings. The zero-order chi connectivity index (χ0) is 13.8. The summed E-state index contributed by atoms with van der Waals surface area (Å²) in [5.74, 6) is 0.733. The molecule has 2 heteroatoms. The molecule has 2 rings (SSSR count). The highest BCUT2D eigenvalue weighted by Gasteiger charge is 2.30. The van der Waals surface area contributed by atoms with Crippen LogP contribution in [-0.2, 0) is 0 Å². The molecule has 1 saturated carbocycles. The third kappa shape index (κ3) is 4.32. The Kier molecular flexibility index (Phi) is 5.00. The first-order chi connectivity index (χ1) is 9.08. The van der Waals surface area contributed by atoms with E-state index in [-0.39, 0.29) is 6.10 Å². The molecule has 0 aliphatic heterocycles. The van der Waals surface area contributed by atoms with E-state index < -0.39 is 0 Å². The topological polar surface area (TPSA) is 23.5 Å². The molecule has 0 radical (unpaired) electrons. The van der Waals surface area contributed by atoms with Gasteiger partial charge >= 0.3 is 0 Å². The van der Waals surface area contributed by atoms with Gasteiger partial charge in [-0.1, -0.05) is 38.1 Å². The lowest BCUT2D eigenvalue weighted by Gasteiger charge is -2.26. The standard InChI is InChI=1S/C17H27NO/c1-13(2)10-11-18(15-8-9-15)12-17(19)16-7-5-4-6-14(16)3/h4-7,13,15,17,19H,8-12H2,1-3H3. The van der Waals surface area contributed by atoms with Crippen LogP contribution < -0.4 is 0 Å². The zero-order valence-electron chi connectivity index (χ0n) is 12.5. The second kappa shape index (κ2) is 6.53. The molecule has 0 aromatic heterocycles. The Bertz CT molecular complexity index is 398. The van der Waals surface area contributed by atoms with E-state index >= 15 is 0 Å². The van der Waals surface area contributed by atoms with Crippen LogP contribution in [0.1, 0.15) is 50.3 Å². The summed E-state index contributed by atoms with van der Waals surface area (Å²) < 4.78 is 0. The first-order valence-corrected chi connectivity index (χ1v) is 7.55. The SMILES string of the molecule is Cc1ccccc1C(O)CN(CCC(C)C)C1CC1. The second-order valence-electron chi connectivity index (χ2n) is 6.28. The van der Waals surface area contributed by atoms with Crippen molar-refractivity contribution in [3.8, 4) is 0 Å². The molecule has 0 bridgehead atoms. The molecule has 0 amide bonds. The van der Waals surface area contributed by atoms with Gasteiger partial charge in [-0.15, -0.1) is 0 Å². The fourth-order valence-electron chi connectivity index (χ4n) is 2.57. The Morgan fingerprint density at radius 2 is 1.95 bits per heavy atom. The van der Waals surface area contributed by atoms with Crippen molar-refractivity contribution in [2.75, 3.05) is 13.1 Å². The summed E-state index contributed by atoms with van der Waals surface area (Å²) in [6.07, 6.45) is 3.47. The van der Waals surface area contributed by atoms with Crippen molar-refractivity contribution in [1.82, 2.24) is 4.90 Å². The van der Waals surface area contributed by atoms with E-state index in [0.717, 1.165) is 30.6 Å². The summed E-state index contributed by atoms with van der Waals surface area (Å²) in [6.45, 7) is 8.51. The predicted octanol–water partition coefficient (Wildman–Crippen LogP) is 3.54. The maximum atomic E-state index is 10.5. The average molecular weight is 261 g/mol. The fraction of sp³-hybridized carbons (Fsp3) is 0.647. The van der Waals surface area contributed by atoms with Gasteiger partial charge in [0.25, 0.3) is 0 Å². The molecule has 1 aliphatic carbocycles. The largest absolute Gasteiger partial charge is 0.387 e. The van der Waals surface area contributed by atoms with E-state index in [4.69, 9.17) is 0 Å². The average Bonchev–Trinajstić information content (AvgIpc) is 3.18. The Balaban J connectivity index is 1.95. The van der Waals surface area contributed by atoms with Gasteiger partial charge in [0.05, 0.1) is 6.10 Å². The van der Waals surface area contributed by atoms with E-state index in [1.54, 1.807) is 0 Å². The molecule has 0 spiro atoms. The molecule has 0 heterocycles. The second-order valence-corrected chi connectivity index (χ2v) is 6.28. The summed E-state index contributed by atoms with van der Waals surface area (Å²) in [7, 11) is 0. The van der Waals surface area contributed by atoms with Crippen LogP contribution in [0.25, 0.3) is 0 Å². The number of aliphatic hydroxyl groups excluding tert-OH is 1. The molecule has 1 fully saturated rings. The van der Waals surface area contributed by atoms with Crippen LogP contribution in [0.5, 0.6) is 0 Å². The normalized spacial score (nSPS) is 17.2. The van der Waals surface area contributed by atoms with Crippen molar-refractivity contribution in [2.45, 2.75) is 52.2 Å². The quantitative estimate of drug-likeness (QED) is 0.811. The van der Waals surface area contributed by atoms with Crippen molar-refractivity contribution in [1.29, 1.82) is 0 Å². The highest BCUT2D eigenvalue weighted by molar-refractivity contribution is 5.27. The lowest BCUT2D eigenvalue weighted by molar-refractivity contribution is 0.105. The minimum Gasteiger partial charge on any atom is -0.387 e. The summed E-state index contributed by atoms with van der Waals surface area (Å²) >= 11 is 0. The lowest BCUT2D eigenvalue weighted by Crippen LogP contribution is -2.32. The first kappa shape index (κ1) is 14.5. The molecule has 106 valence electrons. The lowest BCUT2D eigenvalue weighted by atomic mass is 10.0. The Labute approximate surface area is 117 Å². The fourth-order valence-corrected chi connectivity index (χ4v) is 2.57. The van der Waals surface area contributed by atoms with Crippen LogP contribution in [0.3, 0.4) is 0 Å². The monoisotopic (exact) mass is 261 g/mol. The van der Waals surface area contributed by atoms with Gasteiger partial charge in [-0.05, 0) is 49.8 Å². The number of rotatable bonds is 7. The summed E-state index contributed by atoms with van der Waals surface area (Å²) in [5.41, 5.74) is 2.27. The van der Waals surface area contributed by atoms with Crippen LogP contribution in [0.2, 0.25) is 0 Å². The number of hydrogen-bond donors (Lipinski definition) is 1. The number of nitrogens with zero attached hydrogens (tertiary/aromatic N) is 1. The molecule has 2 nitrogen and oxygen atoms in total. The van der Waals surface area contributed by atoms with Crippen LogP contribution >= 0.6 is 0 Å². The van der Waals surface area contributed by atoms with Crippen molar-refractivity contribution in [3.63, 3.8) is 0 Å². The van der Waals surface area contributed by atoms with Gasteiger partial charge < -0.3 is 5.11 Å². The smallest absolute Gasteiger partial charge is 0.0919 e. The van der Waals surface area contributed by atoms with Gasteiger partial charge in [0.1, 0.15) is 0 Å². The van der Waals surface area contributed by atoms with Crippen LogP contribution in [0.15, 0.2) is 24.3 Å². The van der Waals surface area contributed by atoms with Gasteiger partial charge in [-0.2, -0.15) is 0 Å². The molecule has 1 aromatic rings. The van der Waals surface area contributed by atoms with E-state index in [1.807, 2.05) is 18.2 Å². The van der Waals surface area contributed by atoms with Gasteiger partial charge in [0.15, 0.2) is 0 Å². The number of aryl methyl sites for hydroxylation is 1. The number of hydrogen-bond acceptors (Lipinski definition) is 2. The van der Waals surface area contributed by atoms with Gasteiger partial charge in [-0.25, -0.2) is 0 Å². The number of aliphatic hydroxyl groups is 1. The Hall–Kier alpha value is -0.860. The maximum Gasteiger partial charge on any atom is 0.0919 e. The van der Waals surface area contributed by atoms with Crippen LogP contribution in [0.4, 0.5) is 0 Å². The Morgan fingerprint density at radius 3 is 2.53 bits per heavy atom. The molecule has 19 heavy (non-hydrogen) atoms.